The molecule has 2 aromatic rings. The highest BCUT2D eigenvalue weighted by molar-refractivity contribution is 7.09. The first-order chi connectivity index (χ1) is 14.9. The number of rotatable bonds is 8. The maximum absolute atomic E-state index is 14.4. The average molecular weight is 473 g/mol. The Labute approximate surface area is 189 Å². The molecule has 0 aliphatic carbocycles. The van der Waals surface area contributed by atoms with Crippen LogP contribution in [0.15, 0.2) is 35.8 Å². The van der Waals surface area contributed by atoms with Gasteiger partial charge in [-0.05, 0) is 69.7 Å². The van der Waals surface area contributed by atoms with E-state index >= 15 is 0 Å². The van der Waals surface area contributed by atoms with Crippen molar-refractivity contribution in [3.05, 3.63) is 52.0 Å². The fourth-order valence-electron chi connectivity index (χ4n) is 4.88. The second-order valence-electron chi connectivity index (χ2n) is 8.94. The number of aromatic nitrogens is 1. The van der Waals surface area contributed by atoms with Gasteiger partial charge in [0.15, 0.2) is 0 Å². The monoisotopic (exact) mass is 472 g/mol. The summed E-state index contributed by atoms with van der Waals surface area (Å²) in [5.74, 6) is 0. The van der Waals surface area contributed by atoms with E-state index in [0.29, 0.717) is 6.42 Å². The number of ether oxygens (including phenoxy) is 1. The number of aryl methyl sites for hydroxylation is 2. The van der Waals surface area contributed by atoms with Gasteiger partial charge in [-0.3, -0.25) is 14.7 Å². The fraction of sp³-hybridized carbons (Fsp3) is 0.565. The number of halogens is 4. The third kappa shape index (κ3) is 4.10. The molecule has 1 fully saturated rings. The van der Waals surface area contributed by atoms with Gasteiger partial charge in [0, 0.05) is 41.4 Å². The number of nitrogens with zero attached hydrogens (tertiary/aromatic N) is 2. The standard InChI is InChI=1S/C23H28F4N2O2S/c1-16-7-8-17(14-28-16)20(2,3)29-12-11-21(15-29,10-9-18-6-5-13-32-18)22(31-4,19(24)30)23(25,26)27/h5-8,13-14H,9-12,15H2,1-4H3. The third-order valence-corrected chi connectivity index (χ3v) is 7.86. The lowest BCUT2D eigenvalue weighted by molar-refractivity contribution is -0.300. The highest BCUT2D eigenvalue weighted by atomic mass is 32.1. The van der Waals surface area contributed by atoms with Crippen LogP contribution in [0.1, 0.15) is 42.8 Å². The molecule has 0 N–H and O–H groups in total. The number of methoxy groups -OCH3 is 1. The minimum absolute atomic E-state index is 0.0237. The molecule has 0 radical (unpaired) electrons. The van der Waals surface area contributed by atoms with Gasteiger partial charge in [-0.25, -0.2) is 0 Å². The van der Waals surface area contributed by atoms with Crippen molar-refractivity contribution in [3.8, 4) is 0 Å². The molecule has 32 heavy (non-hydrogen) atoms. The van der Waals surface area contributed by atoms with Gasteiger partial charge in [-0.15, -0.1) is 11.3 Å². The van der Waals surface area contributed by atoms with Crippen LogP contribution < -0.4 is 0 Å². The van der Waals surface area contributed by atoms with Crippen molar-refractivity contribution in [1.29, 1.82) is 0 Å². The molecular weight excluding hydrogens is 444 g/mol. The summed E-state index contributed by atoms with van der Waals surface area (Å²) in [5, 5.41) is 1.84. The van der Waals surface area contributed by atoms with E-state index in [1.165, 1.54) is 11.3 Å². The van der Waals surface area contributed by atoms with Crippen molar-refractivity contribution in [2.75, 3.05) is 20.2 Å². The van der Waals surface area contributed by atoms with E-state index in [1.54, 1.807) is 6.20 Å². The first kappa shape index (κ1) is 24.8. The van der Waals surface area contributed by atoms with E-state index in [1.807, 2.05) is 55.3 Å². The van der Waals surface area contributed by atoms with Crippen molar-refractivity contribution in [1.82, 2.24) is 9.88 Å². The van der Waals surface area contributed by atoms with Crippen LogP contribution in [0, 0.1) is 12.3 Å². The largest absolute Gasteiger partial charge is 0.428 e. The predicted molar refractivity (Wildman–Crippen MR) is 115 cm³/mol. The summed E-state index contributed by atoms with van der Waals surface area (Å²) < 4.78 is 62.3. The summed E-state index contributed by atoms with van der Waals surface area (Å²) >= 11 is 1.42. The molecule has 1 aliphatic rings. The number of hydrogen-bond acceptors (Lipinski definition) is 5. The number of carbonyl (C=O) groups excluding carboxylic acids is 1. The molecule has 1 aliphatic heterocycles. The van der Waals surface area contributed by atoms with Gasteiger partial charge in [0.25, 0.3) is 5.60 Å². The number of carbonyl (C=O) groups is 1. The fourth-order valence-corrected chi connectivity index (χ4v) is 5.59. The molecule has 2 aromatic heterocycles. The topological polar surface area (TPSA) is 42.4 Å². The minimum Gasteiger partial charge on any atom is -0.359 e. The molecule has 2 atom stereocenters. The van der Waals surface area contributed by atoms with Gasteiger partial charge < -0.3 is 4.74 Å². The Morgan fingerprint density at radius 1 is 1.28 bits per heavy atom. The Balaban J connectivity index is 2.04. The zero-order chi connectivity index (χ0) is 23.8. The van der Waals surface area contributed by atoms with E-state index in [2.05, 4.69) is 4.98 Å². The summed E-state index contributed by atoms with van der Waals surface area (Å²) in [5.41, 5.74) is -4.30. The minimum atomic E-state index is -5.20. The summed E-state index contributed by atoms with van der Waals surface area (Å²) in [6.45, 7) is 5.77. The maximum atomic E-state index is 14.4. The summed E-state index contributed by atoms with van der Waals surface area (Å²) in [4.78, 5) is 19.1. The van der Waals surface area contributed by atoms with Crippen LogP contribution in [-0.2, 0) is 21.5 Å². The molecule has 0 amide bonds. The van der Waals surface area contributed by atoms with Crippen molar-refractivity contribution in [2.24, 2.45) is 5.41 Å². The predicted octanol–water partition coefficient (Wildman–Crippen LogP) is 5.46. The van der Waals surface area contributed by atoms with E-state index in [9.17, 15) is 22.4 Å². The summed E-state index contributed by atoms with van der Waals surface area (Å²) in [6.07, 6.45) is -3.25. The quantitative estimate of drug-likeness (QED) is 0.378. The van der Waals surface area contributed by atoms with Crippen molar-refractivity contribution in [2.45, 2.75) is 57.3 Å². The highest BCUT2D eigenvalue weighted by Gasteiger charge is 2.74. The number of likely N-dealkylation sites (tertiary alicyclic amines) is 1. The number of hydrogen-bond donors (Lipinski definition) is 0. The lowest BCUT2D eigenvalue weighted by atomic mass is 9.67. The molecule has 0 saturated carbocycles. The van der Waals surface area contributed by atoms with Crippen LogP contribution in [0.2, 0.25) is 0 Å². The molecule has 9 heteroatoms. The van der Waals surface area contributed by atoms with Gasteiger partial charge in [0.1, 0.15) is 0 Å². The average Bonchev–Trinajstić information content (AvgIpc) is 3.37. The maximum Gasteiger partial charge on any atom is 0.428 e. The molecule has 0 aromatic carbocycles. The van der Waals surface area contributed by atoms with Gasteiger partial charge in [-0.1, -0.05) is 12.1 Å². The first-order valence-corrected chi connectivity index (χ1v) is 11.3. The molecule has 2 unspecified atom stereocenters. The Morgan fingerprint density at radius 3 is 2.50 bits per heavy atom. The van der Waals surface area contributed by atoms with E-state index in [4.69, 9.17) is 4.74 Å². The van der Waals surface area contributed by atoms with Crippen LogP contribution in [0.25, 0.3) is 0 Å². The lowest BCUT2D eigenvalue weighted by Crippen LogP contribution is -2.65. The van der Waals surface area contributed by atoms with E-state index < -0.39 is 28.8 Å². The SMILES string of the molecule is COC(C(=O)F)(C(F)(F)F)C1(CCc2cccs2)CCN(C(C)(C)c2ccc(C)nc2)C1. The Morgan fingerprint density at radius 2 is 2.00 bits per heavy atom. The molecule has 3 heterocycles. The van der Waals surface area contributed by atoms with E-state index in [0.717, 1.165) is 23.2 Å². The number of thiophene rings is 1. The second-order valence-corrected chi connectivity index (χ2v) is 9.97. The third-order valence-electron chi connectivity index (χ3n) is 6.92. The summed E-state index contributed by atoms with van der Waals surface area (Å²) in [6, 6.07) is 4.88. The first-order valence-electron chi connectivity index (χ1n) is 10.4. The molecule has 176 valence electrons. The van der Waals surface area contributed by atoms with E-state index in [-0.39, 0.29) is 25.9 Å². The smallest absolute Gasteiger partial charge is 0.359 e. The van der Waals surface area contributed by atoms with Crippen molar-refractivity contribution < 1.29 is 27.1 Å². The highest BCUT2D eigenvalue weighted by Crippen LogP contribution is 2.56. The zero-order valence-electron chi connectivity index (χ0n) is 18.6. The van der Waals surface area contributed by atoms with Crippen LogP contribution in [0.4, 0.5) is 17.6 Å². The molecule has 0 bridgehead atoms. The Bertz CT molecular complexity index is 930. The number of alkyl halides is 3. The Kier molecular flexibility index (Phi) is 6.85. The number of pyridine rings is 1. The van der Waals surface area contributed by atoms with Crippen molar-refractivity contribution >= 4 is 17.4 Å². The normalized spacial score (nSPS) is 22.1. The molecule has 3 rings (SSSR count). The van der Waals surface area contributed by atoms with Crippen LogP contribution in [-0.4, -0.2) is 47.9 Å². The van der Waals surface area contributed by atoms with Gasteiger partial charge in [-0.2, -0.15) is 17.6 Å². The molecule has 4 nitrogen and oxygen atoms in total. The molecule has 0 spiro atoms. The second kappa shape index (κ2) is 8.83. The van der Waals surface area contributed by atoms with Crippen LogP contribution in [0.3, 0.4) is 0 Å². The molecule has 1 saturated heterocycles. The van der Waals surface area contributed by atoms with Crippen LogP contribution in [0.5, 0.6) is 0 Å². The zero-order valence-corrected chi connectivity index (χ0v) is 19.4. The Hall–Kier alpha value is -1.84. The van der Waals surface area contributed by atoms with Gasteiger partial charge >= 0.3 is 12.2 Å². The van der Waals surface area contributed by atoms with Crippen molar-refractivity contribution in [3.63, 3.8) is 0 Å². The van der Waals surface area contributed by atoms with Crippen LogP contribution >= 0.6 is 11.3 Å². The molecular formula is C23H28F4N2O2S. The van der Waals surface area contributed by atoms with Gasteiger partial charge in [0.05, 0.1) is 0 Å². The summed E-state index contributed by atoms with van der Waals surface area (Å²) in [7, 11) is 0.773. The van der Waals surface area contributed by atoms with Gasteiger partial charge in [0.2, 0.25) is 0 Å². The lowest BCUT2D eigenvalue weighted by Gasteiger charge is -2.46.